The summed E-state index contributed by atoms with van der Waals surface area (Å²) in [6.45, 7) is 6.91. The number of aromatic nitrogens is 1. The van der Waals surface area contributed by atoms with Crippen molar-refractivity contribution < 1.29 is 23.5 Å². The summed E-state index contributed by atoms with van der Waals surface area (Å²) in [6.07, 6.45) is 0.429. The molecule has 0 aromatic carbocycles. The van der Waals surface area contributed by atoms with E-state index in [1.165, 1.54) is 11.0 Å². The number of hydrogen-bond donors (Lipinski definition) is 0. The summed E-state index contributed by atoms with van der Waals surface area (Å²) >= 11 is 0. The zero-order valence-corrected chi connectivity index (χ0v) is 14.2. The number of rotatable bonds is 2. The highest BCUT2D eigenvalue weighted by Crippen LogP contribution is 2.24. The molecule has 0 spiro atoms. The summed E-state index contributed by atoms with van der Waals surface area (Å²) in [5, 5.41) is 0. The van der Waals surface area contributed by atoms with Crippen LogP contribution in [0.2, 0.25) is 0 Å². The van der Waals surface area contributed by atoms with E-state index >= 15 is 0 Å². The van der Waals surface area contributed by atoms with E-state index in [0.29, 0.717) is 0 Å². The second-order valence-electron chi connectivity index (χ2n) is 6.93. The van der Waals surface area contributed by atoms with E-state index in [0.717, 1.165) is 12.3 Å². The van der Waals surface area contributed by atoms with Crippen molar-refractivity contribution in [2.75, 3.05) is 6.54 Å². The minimum atomic E-state index is -1.01. The number of ketones is 2. The monoisotopic (exact) mass is 336 g/mol. The Balaban J connectivity index is 2.18. The number of nitrogens with zero attached hydrogens (tertiary/aromatic N) is 2. The maximum atomic E-state index is 12.9. The van der Waals surface area contributed by atoms with Crippen molar-refractivity contribution in [1.29, 1.82) is 0 Å². The maximum absolute atomic E-state index is 12.9. The molecule has 2 rings (SSSR count). The predicted octanol–water partition coefficient (Wildman–Crippen LogP) is 2.62. The molecule has 0 saturated carbocycles. The van der Waals surface area contributed by atoms with Crippen LogP contribution < -0.4 is 0 Å². The Bertz CT molecular complexity index is 652. The van der Waals surface area contributed by atoms with Gasteiger partial charge < -0.3 is 9.64 Å². The molecule has 1 aromatic heterocycles. The van der Waals surface area contributed by atoms with Gasteiger partial charge in [0.2, 0.25) is 0 Å². The van der Waals surface area contributed by atoms with Crippen LogP contribution in [0.5, 0.6) is 0 Å². The molecule has 7 heteroatoms. The van der Waals surface area contributed by atoms with Gasteiger partial charge in [-0.25, -0.2) is 9.18 Å². The molecule has 1 saturated heterocycles. The van der Waals surface area contributed by atoms with Gasteiger partial charge in [-0.15, -0.1) is 0 Å². The molecule has 6 nitrogen and oxygen atoms in total. The average molecular weight is 336 g/mol. The molecule has 0 aliphatic carbocycles. The van der Waals surface area contributed by atoms with Crippen LogP contribution in [0.3, 0.4) is 0 Å². The van der Waals surface area contributed by atoms with E-state index in [1.807, 2.05) is 0 Å². The fourth-order valence-electron chi connectivity index (χ4n) is 2.53. The Morgan fingerprint density at radius 1 is 1.33 bits per heavy atom. The fraction of sp³-hybridized carbons (Fsp3) is 0.529. The van der Waals surface area contributed by atoms with Gasteiger partial charge in [0.1, 0.15) is 28.8 Å². The Morgan fingerprint density at radius 2 is 2.00 bits per heavy atom. The summed E-state index contributed by atoms with van der Waals surface area (Å²) in [4.78, 5) is 42.1. The van der Waals surface area contributed by atoms with Gasteiger partial charge in [0.25, 0.3) is 0 Å². The topological polar surface area (TPSA) is 76.6 Å². The van der Waals surface area contributed by atoms with Crippen LogP contribution in [0, 0.1) is 11.7 Å². The smallest absolute Gasteiger partial charge is 0.410 e. The zero-order chi connectivity index (χ0) is 18.1. The molecule has 0 bridgehead atoms. The maximum Gasteiger partial charge on any atom is 0.410 e. The molecule has 1 aliphatic rings. The second kappa shape index (κ2) is 6.67. The predicted molar refractivity (Wildman–Crippen MR) is 84.0 cm³/mol. The van der Waals surface area contributed by atoms with E-state index in [9.17, 15) is 18.8 Å². The van der Waals surface area contributed by atoms with Gasteiger partial charge in [-0.1, -0.05) is 0 Å². The van der Waals surface area contributed by atoms with Crippen molar-refractivity contribution in [3.8, 4) is 0 Å². The Hall–Kier alpha value is -2.31. The minimum Gasteiger partial charge on any atom is -0.444 e. The number of ether oxygens (including phenoxy) is 1. The SMILES string of the molecule is C[C@H]1CC(=O)C(C(=O)c2ccc(F)cn2)CN1C(=O)OC(C)(C)C. The van der Waals surface area contributed by atoms with Crippen LogP contribution in [0.25, 0.3) is 0 Å². The van der Waals surface area contributed by atoms with Crippen LogP contribution in [-0.2, 0) is 9.53 Å². The molecule has 2 atom stereocenters. The van der Waals surface area contributed by atoms with Gasteiger partial charge in [0.05, 0.1) is 6.20 Å². The highest BCUT2D eigenvalue weighted by Gasteiger charge is 2.40. The number of halogens is 1. The van der Waals surface area contributed by atoms with Crippen LogP contribution in [0.15, 0.2) is 18.3 Å². The van der Waals surface area contributed by atoms with Crippen molar-refractivity contribution in [1.82, 2.24) is 9.88 Å². The number of carbonyl (C=O) groups excluding carboxylic acids is 3. The molecule has 1 aromatic rings. The summed E-state index contributed by atoms with van der Waals surface area (Å²) in [6, 6.07) is 2.00. The summed E-state index contributed by atoms with van der Waals surface area (Å²) < 4.78 is 18.3. The van der Waals surface area contributed by atoms with E-state index in [2.05, 4.69) is 4.98 Å². The zero-order valence-electron chi connectivity index (χ0n) is 14.2. The lowest BCUT2D eigenvalue weighted by Crippen LogP contribution is -2.52. The summed E-state index contributed by atoms with van der Waals surface area (Å²) in [7, 11) is 0. The fourth-order valence-corrected chi connectivity index (χ4v) is 2.53. The standard InChI is InChI=1S/C17H21FN2O4/c1-10-7-14(21)12(9-20(10)16(23)24-17(2,3)4)15(22)13-6-5-11(18)8-19-13/h5-6,8,10,12H,7,9H2,1-4H3/t10-,12?/m0/s1. The molecular weight excluding hydrogens is 315 g/mol. The van der Waals surface area contributed by atoms with Gasteiger partial charge >= 0.3 is 6.09 Å². The van der Waals surface area contributed by atoms with Crippen LogP contribution in [-0.4, -0.2) is 45.7 Å². The largest absolute Gasteiger partial charge is 0.444 e. The third-order valence-electron chi connectivity index (χ3n) is 3.72. The number of hydrogen-bond acceptors (Lipinski definition) is 5. The highest BCUT2D eigenvalue weighted by molar-refractivity contribution is 6.10. The lowest BCUT2D eigenvalue weighted by molar-refractivity contribution is -0.125. The Kier molecular flexibility index (Phi) is 5.01. The minimum absolute atomic E-state index is 0.00782. The van der Waals surface area contributed by atoms with Crippen molar-refractivity contribution >= 4 is 17.7 Å². The third kappa shape index (κ3) is 4.15. The number of piperidine rings is 1. The van der Waals surface area contributed by atoms with Crippen molar-refractivity contribution in [3.63, 3.8) is 0 Å². The molecule has 130 valence electrons. The Morgan fingerprint density at radius 3 is 2.54 bits per heavy atom. The molecule has 2 heterocycles. The van der Waals surface area contributed by atoms with Crippen molar-refractivity contribution in [2.24, 2.45) is 5.92 Å². The lowest BCUT2D eigenvalue weighted by atomic mass is 9.87. The first-order chi connectivity index (χ1) is 11.1. The van der Waals surface area contributed by atoms with Crippen molar-refractivity contribution in [3.05, 3.63) is 29.8 Å². The number of carbonyl (C=O) groups is 3. The molecular formula is C17H21FN2O4. The number of amides is 1. The number of pyridine rings is 1. The second-order valence-corrected chi connectivity index (χ2v) is 6.93. The lowest BCUT2D eigenvalue weighted by Gasteiger charge is -2.37. The van der Waals surface area contributed by atoms with Crippen LogP contribution in [0.1, 0.15) is 44.6 Å². The number of Topliss-reactive ketones (excluding diaryl/α,β-unsaturated/α-hetero) is 2. The normalized spacial score (nSPS) is 21.5. The Labute approximate surface area is 140 Å². The first-order valence-corrected chi connectivity index (χ1v) is 7.76. The molecule has 0 radical (unpaired) electrons. The van der Waals surface area contributed by atoms with Gasteiger partial charge in [0.15, 0.2) is 5.78 Å². The molecule has 0 N–H and O–H groups in total. The molecule has 24 heavy (non-hydrogen) atoms. The number of likely N-dealkylation sites (tertiary alicyclic amines) is 1. The average Bonchev–Trinajstić information content (AvgIpc) is 2.45. The first-order valence-electron chi connectivity index (χ1n) is 7.76. The molecule has 1 unspecified atom stereocenters. The van der Waals surface area contributed by atoms with E-state index in [-0.39, 0.29) is 30.5 Å². The van der Waals surface area contributed by atoms with Gasteiger partial charge in [-0.2, -0.15) is 0 Å². The van der Waals surface area contributed by atoms with Gasteiger partial charge in [-0.3, -0.25) is 14.6 Å². The van der Waals surface area contributed by atoms with Gasteiger partial charge in [0, 0.05) is 19.0 Å². The summed E-state index contributed by atoms with van der Waals surface area (Å²) in [5.41, 5.74) is -0.663. The van der Waals surface area contributed by atoms with Crippen LogP contribution >= 0.6 is 0 Å². The summed E-state index contributed by atoms with van der Waals surface area (Å²) in [5.74, 6) is -2.34. The molecule has 1 fully saturated rings. The third-order valence-corrected chi connectivity index (χ3v) is 3.72. The van der Waals surface area contributed by atoms with Gasteiger partial charge in [-0.05, 0) is 39.8 Å². The quantitative estimate of drug-likeness (QED) is 0.613. The molecule has 1 amide bonds. The molecule has 1 aliphatic heterocycles. The van der Waals surface area contributed by atoms with E-state index in [4.69, 9.17) is 4.74 Å². The van der Waals surface area contributed by atoms with E-state index < -0.39 is 29.2 Å². The highest BCUT2D eigenvalue weighted by atomic mass is 19.1. The van der Waals surface area contributed by atoms with E-state index in [1.54, 1.807) is 27.7 Å². The first kappa shape index (κ1) is 18.0. The van der Waals surface area contributed by atoms with Crippen molar-refractivity contribution in [2.45, 2.75) is 45.8 Å². The van der Waals surface area contributed by atoms with Crippen LogP contribution in [0.4, 0.5) is 9.18 Å².